The van der Waals surface area contributed by atoms with Crippen molar-refractivity contribution < 1.29 is 9.90 Å². The lowest BCUT2D eigenvalue weighted by atomic mass is 9.99. The third-order valence-corrected chi connectivity index (χ3v) is 3.73. The van der Waals surface area contributed by atoms with Gasteiger partial charge in [0.05, 0.1) is 17.8 Å². The maximum absolute atomic E-state index is 12.3. The number of nitrogens with two attached hydrogens (primary N) is 1. The number of carbonyl (C=O) groups excluding carboxylic acids is 1. The lowest BCUT2D eigenvalue weighted by Gasteiger charge is -2.28. The molecule has 1 fully saturated rings. The van der Waals surface area contributed by atoms with Crippen LogP contribution in [-0.4, -0.2) is 27.7 Å². The van der Waals surface area contributed by atoms with Crippen LogP contribution in [0.4, 0.5) is 5.69 Å². The Bertz CT molecular complexity index is 433. The molecule has 1 aliphatic rings. The molecular weight excluding hydrogens is 230 g/mol. The second kappa shape index (κ2) is 5.02. The van der Waals surface area contributed by atoms with Gasteiger partial charge in [0.15, 0.2) is 0 Å². The largest absolute Gasteiger partial charge is 0.397 e. The van der Waals surface area contributed by atoms with E-state index in [2.05, 4.69) is 5.32 Å². The number of carbonyl (C=O) groups is 1. The summed E-state index contributed by atoms with van der Waals surface area (Å²) in [5, 5.41) is 12.5. The molecular formula is C13H21N3O2. The van der Waals surface area contributed by atoms with Gasteiger partial charge < -0.3 is 20.7 Å². The van der Waals surface area contributed by atoms with E-state index >= 15 is 0 Å². The van der Waals surface area contributed by atoms with E-state index < -0.39 is 5.54 Å². The van der Waals surface area contributed by atoms with E-state index in [0.717, 1.165) is 25.7 Å². The van der Waals surface area contributed by atoms with Gasteiger partial charge in [-0.15, -0.1) is 0 Å². The van der Waals surface area contributed by atoms with Crippen LogP contribution >= 0.6 is 0 Å². The first-order chi connectivity index (χ1) is 8.60. The maximum Gasteiger partial charge on any atom is 0.268 e. The molecule has 1 amide bonds. The molecule has 1 saturated carbocycles. The molecule has 0 atom stereocenters. The van der Waals surface area contributed by atoms with Crippen LogP contribution in [0.15, 0.2) is 12.3 Å². The number of rotatable bonds is 4. The molecule has 2 rings (SSSR count). The van der Waals surface area contributed by atoms with Crippen molar-refractivity contribution >= 4 is 11.6 Å². The summed E-state index contributed by atoms with van der Waals surface area (Å²) in [6.07, 6.45) is 5.56. The molecule has 1 heterocycles. The molecule has 0 spiro atoms. The van der Waals surface area contributed by atoms with Crippen molar-refractivity contribution in [3.8, 4) is 0 Å². The predicted molar refractivity (Wildman–Crippen MR) is 70.3 cm³/mol. The Hall–Kier alpha value is -1.49. The zero-order chi connectivity index (χ0) is 13.2. The van der Waals surface area contributed by atoms with E-state index in [4.69, 9.17) is 5.73 Å². The van der Waals surface area contributed by atoms with Gasteiger partial charge in [-0.3, -0.25) is 4.79 Å². The average molecular weight is 251 g/mol. The Morgan fingerprint density at radius 2 is 2.22 bits per heavy atom. The van der Waals surface area contributed by atoms with E-state index in [1.807, 2.05) is 11.5 Å². The zero-order valence-corrected chi connectivity index (χ0v) is 10.8. The summed E-state index contributed by atoms with van der Waals surface area (Å²) in [4.78, 5) is 12.3. The number of hydrogen-bond acceptors (Lipinski definition) is 3. The van der Waals surface area contributed by atoms with Crippen LogP contribution in [0.3, 0.4) is 0 Å². The Labute approximate surface area is 107 Å². The number of anilines is 1. The summed E-state index contributed by atoms with van der Waals surface area (Å²) in [6.45, 7) is 2.67. The third-order valence-electron chi connectivity index (χ3n) is 3.73. The van der Waals surface area contributed by atoms with E-state index in [1.165, 1.54) is 0 Å². The Kier molecular flexibility index (Phi) is 3.61. The van der Waals surface area contributed by atoms with Crippen molar-refractivity contribution in [2.24, 2.45) is 0 Å². The number of aryl methyl sites for hydroxylation is 1. The molecule has 1 aliphatic carbocycles. The van der Waals surface area contributed by atoms with Gasteiger partial charge in [0.25, 0.3) is 5.91 Å². The molecule has 1 aromatic rings. The van der Waals surface area contributed by atoms with Gasteiger partial charge in [0.2, 0.25) is 0 Å². The van der Waals surface area contributed by atoms with Gasteiger partial charge >= 0.3 is 0 Å². The number of hydrogen-bond donors (Lipinski definition) is 3. The lowest BCUT2D eigenvalue weighted by molar-refractivity contribution is 0.0829. The van der Waals surface area contributed by atoms with Crippen LogP contribution in [0.25, 0.3) is 0 Å². The smallest absolute Gasteiger partial charge is 0.268 e. The zero-order valence-electron chi connectivity index (χ0n) is 10.8. The first-order valence-electron chi connectivity index (χ1n) is 6.49. The molecule has 5 nitrogen and oxygen atoms in total. The van der Waals surface area contributed by atoms with Crippen LogP contribution in [0.2, 0.25) is 0 Å². The van der Waals surface area contributed by atoms with E-state index in [1.54, 1.807) is 12.3 Å². The summed E-state index contributed by atoms with van der Waals surface area (Å²) in [5.41, 5.74) is 6.43. The van der Waals surface area contributed by atoms with Crippen molar-refractivity contribution in [3.63, 3.8) is 0 Å². The molecule has 18 heavy (non-hydrogen) atoms. The average Bonchev–Trinajstić information content (AvgIpc) is 2.96. The number of aliphatic hydroxyl groups is 1. The first-order valence-corrected chi connectivity index (χ1v) is 6.49. The standard InChI is InChI=1S/C13H21N3O2/c1-2-16-8-10(14)7-11(16)12(18)15-13(9-17)5-3-4-6-13/h7-8,17H,2-6,9,14H2,1H3,(H,15,18). The van der Waals surface area contributed by atoms with Gasteiger partial charge in [-0.1, -0.05) is 12.8 Å². The molecule has 1 aromatic heterocycles. The topological polar surface area (TPSA) is 80.3 Å². The Morgan fingerprint density at radius 1 is 1.56 bits per heavy atom. The summed E-state index contributed by atoms with van der Waals surface area (Å²) in [7, 11) is 0. The highest BCUT2D eigenvalue weighted by Gasteiger charge is 2.35. The minimum absolute atomic E-state index is 0.00105. The van der Waals surface area contributed by atoms with Gasteiger partial charge in [-0.2, -0.15) is 0 Å². The normalized spacial score (nSPS) is 17.9. The highest BCUT2D eigenvalue weighted by Crippen LogP contribution is 2.29. The molecule has 5 heteroatoms. The number of nitrogen functional groups attached to an aromatic ring is 1. The summed E-state index contributed by atoms with van der Waals surface area (Å²) < 4.78 is 1.82. The minimum Gasteiger partial charge on any atom is -0.397 e. The molecule has 0 unspecified atom stereocenters. The quantitative estimate of drug-likeness (QED) is 0.750. The van der Waals surface area contributed by atoms with E-state index in [0.29, 0.717) is 17.9 Å². The van der Waals surface area contributed by atoms with Crippen molar-refractivity contribution in [2.75, 3.05) is 12.3 Å². The predicted octanol–water partition coefficient (Wildman–Crippen LogP) is 1.13. The lowest BCUT2D eigenvalue weighted by Crippen LogP contribution is -2.49. The highest BCUT2D eigenvalue weighted by atomic mass is 16.3. The monoisotopic (exact) mass is 251 g/mol. The fraction of sp³-hybridized carbons (Fsp3) is 0.615. The van der Waals surface area contributed by atoms with E-state index in [9.17, 15) is 9.90 Å². The van der Waals surface area contributed by atoms with Crippen molar-refractivity contribution in [2.45, 2.75) is 44.7 Å². The fourth-order valence-electron chi connectivity index (χ4n) is 2.66. The van der Waals surface area contributed by atoms with Gasteiger partial charge in [-0.05, 0) is 25.8 Å². The Morgan fingerprint density at radius 3 is 2.78 bits per heavy atom. The molecule has 0 bridgehead atoms. The number of amides is 1. The van der Waals surface area contributed by atoms with Crippen molar-refractivity contribution in [1.29, 1.82) is 0 Å². The number of aliphatic hydroxyl groups excluding tert-OH is 1. The minimum atomic E-state index is -0.436. The molecule has 0 radical (unpaired) electrons. The SMILES string of the molecule is CCn1cc(N)cc1C(=O)NC1(CO)CCCC1. The van der Waals surface area contributed by atoms with Gasteiger partial charge in [0, 0.05) is 12.7 Å². The maximum atomic E-state index is 12.3. The summed E-state index contributed by atoms with van der Waals surface area (Å²) in [5.74, 6) is -0.149. The Balaban J connectivity index is 2.16. The van der Waals surface area contributed by atoms with Crippen molar-refractivity contribution in [3.05, 3.63) is 18.0 Å². The molecule has 0 saturated heterocycles. The fourth-order valence-corrected chi connectivity index (χ4v) is 2.66. The van der Waals surface area contributed by atoms with E-state index in [-0.39, 0.29) is 12.5 Å². The number of nitrogens with zero attached hydrogens (tertiary/aromatic N) is 1. The molecule has 0 aliphatic heterocycles. The molecule has 4 N–H and O–H groups in total. The molecule has 0 aromatic carbocycles. The van der Waals surface area contributed by atoms with Crippen molar-refractivity contribution in [1.82, 2.24) is 9.88 Å². The summed E-state index contributed by atoms with van der Waals surface area (Å²) >= 11 is 0. The summed E-state index contributed by atoms with van der Waals surface area (Å²) in [6, 6.07) is 1.68. The van der Waals surface area contributed by atoms with Crippen LogP contribution in [0.1, 0.15) is 43.1 Å². The van der Waals surface area contributed by atoms with Crippen LogP contribution in [-0.2, 0) is 6.54 Å². The molecule has 100 valence electrons. The second-order valence-electron chi connectivity index (χ2n) is 5.04. The number of nitrogens with one attached hydrogen (secondary N) is 1. The highest BCUT2D eigenvalue weighted by molar-refractivity contribution is 5.94. The first kappa shape index (κ1) is 13.0. The number of aromatic nitrogens is 1. The van der Waals surface area contributed by atoms with Gasteiger partial charge in [-0.25, -0.2) is 0 Å². The third kappa shape index (κ3) is 2.36. The van der Waals surface area contributed by atoms with Crippen LogP contribution < -0.4 is 11.1 Å². The second-order valence-corrected chi connectivity index (χ2v) is 5.04. The van der Waals surface area contributed by atoms with Gasteiger partial charge in [0.1, 0.15) is 5.69 Å². The van der Waals surface area contributed by atoms with Crippen LogP contribution in [0.5, 0.6) is 0 Å². The van der Waals surface area contributed by atoms with Crippen LogP contribution in [0, 0.1) is 0 Å².